The molecule has 0 saturated heterocycles. The molecule has 4 aromatic rings. The van der Waals surface area contributed by atoms with E-state index in [9.17, 15) is 9.18 Å². The largest absolute Gasteiger partial charge is 0.486 e. The zero-order chi connectivity index (χ0) is 21.5. The van der Waals surface area contributed by atoms with Gasteiger partial charge in [0.25, 0.3) is 5.91 Å². The maximum Gasteiger partial charge on any atom is 0.265 e. The van der Waals surface area contributed by atoms with Crippen molar-refractivity contribution < 1.29 is 18.7 Å². The number of anilines is 1. The van der Waals surface area contributed by atoms with Crippen LogP contribution in [0.3, 0.4) is 0 Å². The number of fused-ring (bicyclic) bond motifs is 2. The molecule has 5 rings (SSSR count). The van der Waals surface area contributed by atoms with Gasteiger partial charge in [0.1, 0.15) is 23.9 Å². The molecule has 2 aromatic carbocycles. The van der Waals surface area contributed by atoms with Crippen LogP contribution in [0.25, 0.3) is 10.2 Å². The van der Waals surface area contributed by atoms with E-state index >= 15 is 0 Å². The molecule has 1 aliphatic heterocycles. The van der Waals surface area contributed by atoms with Gasteiger partial charge < -0.3 is 14.8 Å². The van der Waals surface area contributed by atoms with Gasteiger partial charge in [-0.25, -0.2) is 4.39 Å². The summed E-state index contributed by atoms with van der Waals surface area (Å²) in [6.45, 7) is 3.29. The SMILES string of the molecule is Cc1nn(Cc2ccc(F)cc2)c2sc(C(=O)Nc3cc4c(cc3Cl)OCCO4)cc12. The number of ether oxygens (including phenoxy) is 2. The number of nitrogens with one attached hydrogen (secondary N) is 1. The number of halogens is 2. The molecular weight excluding hydrogens is 441 g/mol. The molecule has 2 aromatic heterocycles. The van der Waals surface area contributed by atoms with E-state index in [1.54, 1.807) is 24.3 Å². The van der Waals surface area contributed by atoms with Gasteiger partial charge in [0.05, 0.1) is 27.8 Å². The Hall–Kier alpha value is -3.10. The molecule has 9 heteroatoms. The monoisotopic (exact) mass is 457 g/mol. The van der Waals surface area contributed by atoms with Crippen LogP contribution in [0.5, 0.6) is 11.5 Å². The Kier molecular flexibility index (Phi) is 5.03. The minimum Gasteiger partial charge on any atom is -0.486 e. The Labute approximate surface area is 186 Å². The molecule has 0 aliphatic carbocycles. The van der Waals surface area contributed by atoms with Crippen LogP contribution in [0, 0.1) is 12.7 Å². The third-order valence-corrected chi connectivity index (χ3v) is 6.42. The third-order valence-electron chi connectivity index (χ3n) is 4.96. The number of rotatable bonds is 4. The van der Waals surface area contributed by atoms with Gasteiger partial charge in [0.2, 0.25) is 0 Å². The van der Waals surface area contributed by atoms with Crippen molar-refractivity contribution in [2.75, 3.05) is 18.5 Å². The summed E-state index contributed by atoms with van der Waals surface area (Å²) in [6, 6.07) is 11.4. The second kappa shape index (κ2) is 7.86. The minimum atomic E-state index is -0.279. The lowest BCUT2D eigenvalue weighted by Gasteiger charge is -2.19. The molecule has 3 heterocycles. The van der Waals surface area contributed by atoms with Crippen molar-refractivity contribution >= 4 is 44.7 Å². The number of hydrogen-bond acceptors (Lipinski definition) is 5. The number of aromatic nitrogens is 2. The Morgan fingerprint density at radius 3 is 2.65 bits per heavy atom. The van der Waals surface area contributed by atoms with E-state index in [1.165, 1.54) is 23.5 Å². The Morgan fingerprint density at radius 1 is 1.19 bits per heavy atom. The molecule has 0 saturated carbocycles. The number of nitrogens with zero attached hydrogens (tertiary/aromatic N) is 2. The van der Waals surface area contributed by atoms with E-state index in [2.05, 4.69) is 10.4 Å². The molecule has 0 spiro atoms. The lowest BCUT2D eigenvalue weighted by molar-refractivity contribution is 0.103. The lowest BCUT2D eigenvalue weighted by Crippen LogP contribution is -2.16. The first kappa shape index (κ1) is 19.8. The van der Waals surface area contributed by atoms with Gasteiger partial charge in [0.15, 0.2) is 11.5 Å². The highest BCUT2D eigenvalue weighted by atomic mass is 35.5. The van der Waals surface area contributed by atoms with E-state index in [0.717, 1.165) is 21.5 Å². The first-order valence-corrected chi connectivity index (χ1v) is 10.8. The molecule has 1 N–H and O–H groups in total. The van der Waals surface area contributed by atoms with Gasteiger partial charge in [-0.2, -0.15) is 5.10 Å². The highest BCUT2D eigenvalue weighted by Crippen LogP contribution is 2.38. The molecule has 0 atom stereocenters. The smallest absolute Gasteiger partial charge is 0.265 e. The molecule has 6 nitrogen and oxygen atoms in total. The normalized spacial score (nSPS) is 12.9. The number of thiophene rings is 1. The Bertz CT molecular complexity index is 1300. The number of amides is 1. The molecule has 0 unspecified atom stereocenters. The molecular formula is C22H17ClFN3O3S. The number of benzene rings is 2. The summed E-state index contributed by atoms with van der Waals surface area (Å²) in [7, 11) is 0. The fourth-order valence-corrected chi connectivity index (χ4v) is 4.70. The van der Waals surface area contributed by atoms with Crippen LogP contribution >= 0.6 is 22.9 Å². The number of aryl methyl sites for hydroxylation is 1. The van der Waals surface area contributed by atoms with Crippen molar-refractivity contribution in [2.45, 2.75) is 13.5 Å². The topological polar surface area (TPSA) is 65.4 Å². The van der Waals surface area contributed by atoms with Crippen molar-refractivity contribution in [2.24, 2.45) is 0 Å². The number of carbonyl (C=O) groups is 1. The summed E-state index contributed by atoms with van der Waals surface area (Å²) in [4.78, 5) is 14.3. The zero-order valence-electron chi connectivity index (χ0n) is 16.4. The van der Waals surface area contributed by atoms with Crippen molar-refractivity contribution in [3.8, 4) is 11.5 Å². The highest BCUT2D eigenvalue weighted by Gasteiger charge is 2.20. The van der Waals surface area contributed by atoms with E-state index in [4.69, 9.17) is 21.1 Å². The summed E-state index contributed by atoms with van der Waals surface area (Å²) in [5.74, 6) is 0.562. The van der Waals surface area contributed by atoms with Gasteiger partial charge in [-0.3, -0.25) is 9.48 Å². The third kappa shape index (κ3) is 3.84. The van der Waals surface area contributed by atoms with Crippen LogP contribution in [0.2, 0.25) is 5.02 Å². The molecule has 0 fully saturated rings. The quantitative estimate of drug-likeness (QED) is 0.453. The standard InChI is InChI=1S/C22H17ClFN3O3S/c1-12-15-8-20(31-22(15)27(26-12)11-13-2-4-14(24)5-3-13)21(28)25-17-10-19-18(9-16(17)23)29-6-7-30-19/h2-5,8-10H,6-7,11H2,1H3,(H,25,28). The zero-order valence-corrected chi connectivity index (χ0v) is 18.0. The van der Waals surface area contributed by atoms with Crippen molar-refractivity contribution in [1.82, 2.24) is 9.78 Å². The summed E-state index contributed by atoms with van der Waals surface area (Å²) in [5.41, 5.74) is 2.20. The van der Waals surface area contributed by atoms with Crippen molar-refractivity contribution in [1.29, 1.82) is 0 Å². The maximum absolute atomic E-state index is 13.2. The first-order valence-electron chi connectivity index (χ1n) is 9.60. The maximum atomic E-state index is 13.2. The summed E-state index contributed by atoms with van der Waals surface area (Å²) in [5, 5.41) is 8.70. The van der Waals surface area contributed by atoms with Crippen LogP contribution < -0.4 is 14.8 Å². The van der Waals surface area contributed by atoms with E-state index in [-0.39, 0.29) is 11.7 Å². The second-order valence-corrected chi connectivity index (χ2v) is 8.57. The first-order chi connectivity index (χ1) is 15.0. The number of carbonyl (C=O) groups excluding carboxylic acids is 1. The van der Waals surface area contributed by atoms with Crippen LogP contribution in [0.1, 0.15) is 20.9 Å². The predicted molar refractivity (Wildman–Crippen MR) is 118 cm³/mol. The van der Waals surface area contributed by atoms with Gasteiger partial charge >= 0.3 is 0 Å². The van der Waals surface area contributed by atoms with Gasteiger partial charge in [0, 0.05) is 17.5 Å². The second-order valence-electron chi connectivity index (χ2n) is 7.13. The van der Waals surface area contributed by atoms with E-state index in [0.29, 0.717) is 46.8 Å². The van der Waals surface area contributed by atoms with Crippen LogP contribution in [-0.2, 0) is 6.54 Å². The van der Waals surface area contributed by atoms with Gasteiger partial charge in [-0.05, 0) is 30.7 Å². The Morgan fingerprint density at radius 2 is 1.90 bits per heavy atom. The average Bonchev–Trinajstić information content (AvgIpc) is 3.32. The summed E-state index contributed by atoms with van der Waals surface area (Å²) < 4.78 is 26.1. The molecule has 1 aliphatic rings. The highest BCUT2D eigenvalue weighted by molar-refractivity contribution is 7.20. The number of hydrogen-bond donors (Lipinski definition) is 1. The fourth-order valence-electron chi connectivity index (χ4n) is 3.44. The van der Waals surface area contributed by atoms with Crippen molar-refractivity contribution in [3.63, 3.8) is 0 Å². The van der Waals surface area contributed by atoms with Crippen LogP contribution in [-0.4, -0.2) is 28.9 Å². The van der Waals surface area contributed by atoms with E-state index < -0.39 is 0 Å². The van der Waals surface area contributed by atoms with Gasteiger partial charge in [-0.15, -0.1) is 11.3 Å². The lowest BCUT2D eigenvalue weighted by atomic mass is 10.2. The van der Waals surface area contributed by atoms with Crippen LogP contribution in [0.4, 0.5) is 10.1 Å². The summed E-state index contributed by atoms with van der Waals surface area (Å²) in [6.07, 6.45) is 0. The molecule has 0 radical (unpaired) electrons. The molecule has 31 heavy (non-hydrogen) atoms. The van der Waals surface area contributed by atoms with Crippen LogP contribution in [0.15, 0.2) is 42.5 Å². The average molecular weight is 458 g/mol. The minimum absolute atomic E-state index is 0.271. The molecule has 1 amide bonds. The molecule has 0 bridgehead atoms. The van der Waals surface area contributed by atoms with E-state index in [1.807, 2.05) is 17.7 Å². The van der Waals surface area contributed by atoms with Crippen molar-refractivity contribution in [3.05, 3.63) is 69.4 Å². The predicted octanol–water partition coefficient (Wildman–Crippen LogP) is 5.27. The molecule has 158 valence electrons. The van der Waals surface area contributed by atoms with Gasteiger partial charge in [-0.1, -0.05) is 23.7 Å². The Balaban J connectivity index is 1.41. The fraction of sp³-hybridized carbons (Fsp3) is 0.182. The summed E-state index contributed by atoms with van der Waals surface area (Å²) >= 11 is 7.66.